The van der Waals surface area contributed by atoms with Crippen LogP contribution in [-0.4, -0.2) is 30.8 Å². The third-order valence-corrected chi connectivity index (χ3v) is 5.72. The van der Waals surface area contributed by atoms with Crippen LogP contribution in [0.25, 0.3) is 0 Å². The van der Waals surface area contributed by atoms with Crippen LogP contribution in [0, 0.1) is 0 Å². The molecule has 1 aromatic rings. The van der Waals surface area contributed by atoms with Crippen LogP contribution in [0.2, 0.25) is 0 Å². The highest BCUT2D eigenvalue weighted by Gasteiger charge is 2.51. The monoisotopic (exact) mass is 343 g/mol. The van der Waals surface area contributed by atoms with Gasteiger partial charge in [-0.25, -0.2) is 0 Å². The van der Waals surface area contributed by atoms with Crippen LogP contribution in [0.4, 0.5) is 5.69 Å². The van der Waals surface area contributed by atoms with Crippen LogP contribution in [0.5, 0.6) is 0 Å². The number of amides is 1. The van der Waals surface area contributed by atoms with Crippen molar-refractivity contribution in [2.45, 2.75) is 77.9 Å². The number of hydrogen-bond donors (Lipinski definition) is 0. The zero-order chi connectivity index (χ0) is 18.6. The highest BCUT2D eigenvalue weighted by molar-refractivity contribution is 6.62. The van der Waals surface area contributed by atoms with Gasteiger partial charge in [-0.3, -0.25) is 4.79 Å². The first-order valence-electron chi connectivity index (χ1n) is 9.23. The Bertz CT molecular complexity index is 675. The Morgan fingerprint density at radius 2 is 1.68 bits per heavy atom. The second-order valence-electron chi connectivity index (χ2n) is 9.26. The molecule has 0 aromatic heterocycles. The molecule has 0 saturated carbocycles. The Balaban J connectivity index is 2.00. The Morgan fingerprint density at radius 1 is 1.08 bits per heavy atom. The molecule has 2 heterocycles. The summed E-state index contributed by atoms with van der Waals surface area (Å²) in [5.41, 5.74) is 2.41. The molecule has 25 heavy (non-hydrogen) atoms. The van der Waals surface area contributed by atoms with Crippen molar-refractivity contribution in [3.8, 4) is 0 Å². The average Bonchev–Trinajstić information content (AvgIpc) is 2.98. The molecule has 2 saturated heterocycles. The number of carbonyl (C=O) groups is 1. The molecule has 3 rings (SSSR count). The molecule has 5 heteroatoms. The second-order valence-corrected chi connectivity index (χ2v) is 9.26. The molecule has 0 bridgehead atoms. The summed E-state index contributed by atoms with van der Waals surface area (Å²) in [6.45, 7) is 15.6. The van der Waals surface area contributed by atoms with Crippen molar-refractivity contribution >= 4 is 24.2 Å². The van der Waals surface area contributed by atoms with E-state index in [1.165, 1.54) is 0 Å². The SMILES string of the molecule is CC(C)(C)c1cc(B2OC(C)(C)C(C)(C)O2)ccc1N1CCCC1=O. The lowest BCUT2D eigenvalue weighted by Crippen LogP contribution is -2.41. The quantitative estimate of drug-likeness (QED) is 0.773. The van der Waals surface area contributed by atoms with Gasteiger partial charge in [0, 0.05) is 18.7 Å². The van der Waals surface area contributed by atoms with Crippen LogP contribution in [0.15, 0.2) is 18.2 Å². The molecule has 0 N–H and O–H groups in total. The van der Waals surface area contributed by atoms with E-state index in [1.54, 1.807) is 0 Å². The minimum absolute atomic E-state index is 0.0716. The van der Waals surface area contributed by atoms with Gasteiger partial charge >= 0.3 is 7.12 Å². The number of benzene rings is 1. The summed E-state index contributed by atoms with van der Waals surface area (Å²) >= 11 is 0. The van der Waals surface area contributed by atoms with E-state index in [0.29, 0.717) is 6.42 Å². The standard InChI is InChI=1S/C20H30BNO3/c1-18(2,3)15-13-14(21-24-19(4,5)20(6,7)25-21)10-11-16(15)22-12-8-9-17(22)23/h10-11,13H,8-9,12H2,1-7H3. The Morgan fingerprint density at radius 3 is 2.16 bits per heavy atom. The zero-order valence-corrected chi connectivity index (χ0v) is 16.6. The van der Waals surface area contributed by atoms with Gasteiger partial charge in [0.15, 0.2) is 0 Å². The third-order valence-electron chi connectivity index (χ3n) is 5.72. The molecule has 0 radical (unpaired) electrons. The molecule has 2 aliphatic heterocycles. The number of anilines is 1. The van der Waals surface area contributed by atoms with Crippen molar-refractivity contribution in [2.24, 2.45) is 0 Å². The first-order valence-corrected chi connectivity index (χ1v) is 9.23. The van der Waals surface area contributed by atoms with Crippen LogP contribution in [-0.2, 0) is 19.5 Å². The van der Waals surface area contributed by atoms with Crippen molar-refractivity contribution < 1.29 is 14.1 Å². The molecule has 0 spiro atoms. The van der Waals surface area contributed by atoms with Crippen molar-refractivity contribution in [3.05, 3.63) is 23.8 Å². The molecule has 0 atom stereocenters. The fraction of sp³-hybridized carbons (Fsp3) is 0.650. The van der Waals surface area contributed by atoms with Gasteiger partial charge in [0.25, 0.3) is 0 Å². The topological polar surface area (TPSA) is 38.8 Å². The van der Waals surface area contributed by atoms with Crippen molar-refractivity contribution in [1.82, 2.24) is 0 Å². The maximum atomic E-state index is 12.2. The van der Waals surface area contributed by atoms with E-state index in [-0.39, 0.29) is 29.6 Å². The molecule has 2 fully saturated rings. The highest BCUT2D eigenvalue weighted by Crippen LogP contribution is 2.38. The van der Waals surface area contributed by atoms with Gasteiger partial charge < -0.3 is 14.2 Å². The van der Waals surface area contributed by atoms with Crippen molar-refractivity contribution in [2.75, 3.05) is 11.4 Å². The van der Waals surface area contributed by atoms with Crippen LogP contribution in [0.3, 0.4) is 0 Å². The predicted molar refractivity (Wildman–Crippen MR) is 102 cm³/mol. The van der Waals surface area contributed by atoms with Crippen LogP contribution >= 0.6 is 0 Å². The fourth-order valence-electron chi connectivity index (χ4n) is 3.42. The Hall–Kier alpha value is -1.33. The van der Waals surface area contributed by atoms with Crippen LogP contribution in [0.1, 0.15) is 66.9 Å². The molecule has 0 unspecified atom stereocenters. The molecular weight excluding hydrogens is 313 g/mol. The first kappa shape index (κ1) is 18.5. The number of nitrogens with zero attached hydrogens (tertiary/aromatic N) is 1. The maximum absolute atomic E-state index is 12.2. The molecule has 1 amide bonds. The third kappa shape index (κ3) is 3.24. The van der Waals surface area contributed by atoms with Crippen molar-refractivity contribution in [3.63, 3.8) is 0 Å². The summed E-state index contributed by atoms with van der Waals surface area (Å²) in [6, 6.07) is 6.26. The molecular formula is C20H30BNO3. The Labute approximate surface area is 152 Å². The number of rotatable bonds is 2. The van der Waals surface area contributed by atoms with E-state index < -0.39 is 0 Å². The minimum Gasteiger partial charge on any atom is -0.399 e. The number of carbonyl (C=O) groups excluding carboxylic acids is 1. The average molecular weight is 343 g/mol. The lowest BCUT2D eigenvalue weighted by atomic mass is 9.74. The van der Waals surface area contributed by atoms with Crippen LogP contribution < -0.4 is 10.4 Å². The largest absolute Gasteiger partial charge is 0.494 e. The summed E-state index contributed by atoms with van der Waals surface area (Å²) in [5, 5.41) is 0. The van der Waals surface area contributed by atoms with Gasteiger partial charge in [-0.15, -0.1) is 0 Å². The lowest BCUT2D eigenvalue weighted by Gasteiger charge is -2.32. The normalized spacial score (nSPS) is 22.8. The van der Waals surface area contributed by atoms with Gasteiger partial charge in [0.2, 0.25) is 5.91 Å². The second kappa shape index (κ2) is 5.85. The molecule has 1 aromatic carbocycles. The van der Waals surface area contributed by atoms with E-state index in [4.69, 9.17) is 9.31 Å². The summed E-state index contributed by atoms with van der Waals surface area (Å²) in [6.07, 6.45) is 1.57. The zero-order valence-electron chi connectivity index (χ0n) is 16.6. The fourth-order valence-corrected chi connectivity index (χ4v) is 3.42. The molecule has 136 valence electrons. The molecule has 2 aliphatic rings. The Kier molecular flexibility index (Phi) is 4.32. The van der Waals surface area contributed by atoms with Gasteiger partial charge in [0.1, 0.15) is 0 Å². The summed E-state index contributed by atoms with van der Waals surface area (Å²) in [4.78, 5) is 14.2. The van der Waals surface area contributed by atoms with E-state index in [9.17, 15) is 4.79 Å². The van der Waals surface area contributed by atoms with E-state index >= 15 is 0 Å². The van der Waals surface area contributed by atoms with E-state index in [0.717, 1.165) is 29.7 Å². The summed E-state index contributed by atoms with van der Waals surface area (Å²) < 4.78 is 12.4. The van der Waals surface area contributed by atoms with E-state index in [1.807, 2.05) is 11.0 Å². The molecule has 0 aliphatic carbocycles. The summed E-state index contributed by atoms with van der Waals surface area (Å²) in [5.74, 6) is 0.217. The van der Waals surface area contributed by atoms with Crippen molar-refractivity contribution in [1.29, 1.82) is 0 Å². The predicted octanol–water partition coefficient (Wildman–Crippen LogP) is 3.41. The maximum Gasteiger partial charge on any atom is 0.494 e. The van der Waals surface area contributed by atoms with Gasteiger partial charge in [0.05, 0.1) is 11.2 Å². The van der Waals surface area contributed by atoms with Gasteiger partial charge in [-0.05, 0) is 56.6 Å². The highest BCUT2D eigenvalue weighted by atomic mass is 16.7. The van der Waals surface area contributed by atoms with Gasteiger partial charge in [-0.2, -0.15) is 0 Å². The smallest absolute Gasteiger partial charge is 0.399 e. The minimum atomic E-state index is -0.380. The first-order chi connectivity index (χ1) is 11.4. The number of hydrogen-bond acceptors (Lipinski definition) is 3. The molecule has 4 nitrogen and oxygen atoms in total. The van der Waals surface area contributed by atoms with E-state index in [2.05, 4.69) is 60.6 Å². The summed E-state index contributed by atoms with van der Waals surface area (Å²) in [7, 11) is -0.380. The van der Waals surface area contributed by atoms with Gasteiger partial charge in [-0.1, -0.05) is 32.9 Å². The lowest BCUT2D eigenvalue weighted by molar-refractivity contribution is -0.117.